The predicted octanol–water partition coefficient (Wildman–Crippen LogP) is 1.62. The van der Waals surface area contributed by atoms with Gasteiger partial charge in [0.05, 0.1) is 18.6 Å². The molecule has 1 aromatic carbocycles. The van der Waals surface area contributed by atoms with Crippen LogP contribution in [0.15, 0.2) is 9.21 Å². The summed E-state index contributed by atoms with van der Waals surface area (Å²) in [5.74, 6) is -0.338. The molecule has 0 radical (unpaired) electrons. The van der Waals surface area contributed by atoms with Crippen LogP contribution in [-0.4, -0.2) is 30.5 Å². The van der Waals surface area contributed by atoms with Crippen molar-refractivity contribution in [1.82, 2.24) is 5.32 Å². The van der Waals surface area contributed by atoms with Gasteiger partial charge in [0.1, 0.15) is 5.56 Å². The number of aromatic hydroxyl groups is 1. The zero-order valence-corrected chi connectivity index (χ0v) is 14.1. The average molecular weight is 345 g/mol. The number of aryl methyl sites for hydroxylation is 2. The molecule has 0 saturated heterocycles. The summed E-state index contributed by atoms with van der Waals surface area (Å²) in [7, 11) is 0. The van der Waals surface area contributed by atoms with Gasteiger partial charge in [-0.1, -0.05) is 0 Å². The molecule has 7 nitrogen and oxygen atoms in total. The molecule has 0 bridgehead atoms. The maximum atomic E-state index is 12.4. The van der Waals surface area contributed by atoms with Crippen LogP contribution in [0.25, 0.3) is 11.0 Å². The minimum Gasteiger partial charge on any atom is -0.504 e. The number of carbonyl (C=O) groups excluding carboxylic acids is 2. The number of phenols is 1. The molecular formula is C18H19NO6. The molecule has 1 aliphatic heterocycles. The third-order valence-corrected chi connectivity index (χ3v) is 4.43. The summed E-state index contributed by atoms with van der Waals surface area (Å²) in [4.78, 5) is 35.7. The topological polar surface area (TPSA) is 106 Å². The fourth-order valence-electron chi connectivity index (χ4n) is 3.27. The van der Waals surface area contributed by atoms with E-state index in [4.69, 9.17) is 9.15 Å². The lowest BCUT2D eigenvalue weighted by Crippen LogP contribution is -2.27. The number of nitrogens with one attached hydrogen (secondary N) is 1. The SMILES string of the molecule is CCNC(=O)Cc1c(C)c2c3c(c(O)c(C=O)c2oc1=O)OCCC3. The Balaban J connectivity index is 2.33. The highest BCUT2D eigenvalue weighted by molar-refractivity contribution is 6.02. The van der Waals surface area contributed by atoms with E-state index in [0.717, 1.165) is 6.42 Å². The van der Waals surface area contributed by atoms with Crippen LogP contribution < -0.4 is 15.7 Å². The predicted molar refractivity (Wildman–Crippen MR) is 90.5 cm³/mol. The van der Waals surface area contributed by atoms with Gasteiger partial charge >= 0.3 is 5.63 Å². The lowest BCUT2D eigenvalue weighted by Gasteiger charge is -2.22. The first-order valence-corrected chi connectivity index (χ1v) is 8.18. The molecule has 132 valence electrons. The number of aldehydes is 1. The highest BCUT2D eigenvalue weighted by atomic mass is 16.5. The molecule has 3 rings (SSSR count). The average Bonchev–Trinajstić information content (AvgIpc) is 2.59. The molecule has 0 spiro atoms. The highest BCUT2D eigenvalue weighted by Crippen LogP contribution is 2.43. The molecule has 2 aromatic rings. The normalized spacial score (nSPS) is 13.2. The molecule has 1 amide bonds. The number of benzene rings is 1. The number of hydrogen-bond donors (Lipinski definition) is 2. The van der Waals surface area contributed by atoms with Gasteiger partial charge in [0.2, 0.25) is 5.91 Å². The van der Waals surface area contributed by atoms with Crippen LogP contribution in [0.2, 0.25) is 0 Å². The van der Waals surface area contributed by atoms with Gasteiger partial charge < -0.3 is 19.6 Å². The van der Waals surface area contributed by atoms with Gasteiger partial charge in [-0.15, -0.1) is 0 Å². The number of likely N-dealkylation sites (N-methyl/N-ethyl adjacent to an activating group) is 1. The second-order valence-electron chi connectivity index (χ2n) is 5.97. The Kier molecular flexibility index (Phi) is 4.48. The molecule has 7 heteroatoms. The third-order valence-electron chi connectivity index (χ3n) is 4.43. The van der Waals surface area contributed by atoms with E-state index < -0.39 is 5.63 Å². The minimum absolute atomic E-state index is 0.0406. The number of carbonyl (C=O) groups is 2. The minimum atomic E-state index is -0.685. The number of phenolic OH excluding ortho intramolecular Hbond substituents is 1. The van der Waals surface area contributed by atoms with Crippen molar-refractivity contribution in [1.29, 1.82) is 0 Å². The Morgan fingerprint density at radius 1 is 1.40 bits per heavy atom. The number of ether oxygens (including phenoxy) is 1. The van der Waals surface area contributed by atoms with Crippen LogP contribution in [0, 0.1) is 6.92 Å². The molecular weight excluding hydrogens is 326 g/mol. The molecule has 0 aliphatic carbocycles. The van der Waals surface area contributed by atoms with Crippen molar-refractivity contribution in [3.63, 3.8) is 0 Å². The van der Waals surface area contributed by atoms with Crippen molar-refractivity contribution in [2.75, 3.05) is 13.2 Å². The van der Waals surface area contributed by atoms with Crippen LogP contribution >= 0.6 is 0 Å². The summed E-state index contributed by atoms with van der Waals surface area (Å²) in [5, 5.41) is 13.5. The quantitative estimate of drug-likeness (QED) is 0.644. The maximum Gasteiger partial charge on any atom is 0.340 e. The molecule has 25 heavy (non-hydrogen) atoms. The summed E-state index contributed by atoms with van der Waals surface area (Å²) >= 11 is 0. The van der Waals surface area contributed by atoms with E-state index >= 15 is 0 Å². The van der Waals surface area contributed by atoms with Gasteiger partial charge in [0.25, 0.3) is 0 Å². The summed E-state index contributed by atoms with van der Waals surface area (Å²) in [5.41, 5.74) is 0.758. The first kappa shape index (κ1) is 17.0. The van der Waals surface area contributed by atoms with Crippen molar-refractivity contribution < 1.29 is 23.8 Å². The van der Waals surface area contributed by atoms with E-state index in [1.54, 1.807) is 13.8 Å². The molecule has 1 aromatic heterocycles. The Morgan fingerprint density at radius 2 is 2.16 bits per heavy atom. The summed E-state index contributed by atoms with van der Waals surface area (Å²) in [6, 6.07) is 0. The van der Waals surface area contributed by atoms with Crippen LogP contribution in [0.4, 0.5) is 0 Å². The van der Waals surface area contributed by atoms with Crippen LogP contribution in [0.5, 0.6) is 11.5 Å². The Morgan fingerprint density at radius 3 is 2.84 bits per heavy atom. The number of rotatable bonds is 4. The molecule has 0 atom stereocenters. The van der Waals surface area contributed by atoms with Crippen molar-refractivity contribution in [2.45, 2.75) is 33.1 Å². The third kappa shape index (κ3) is 2.75. The summed E-state index contributed by atoms with van der Waals surface area (Å²) in [6.07, 6.45) is 1.70. The first-order chi connectivity index (χ1) is 12.0. The lowest BCUT2D eigenvalue weighted by molar-refractivity contribution is -0.120. The monoisotopic (exact) mass is 345 g/mol. The lowest BCUT2D eigenvalue weighted by atomic mass is 9.92. The second kappa shape index (κ2) is 6.58. The van der Waals surface area contributed by atoms with Gasteiger partial charge in [-0.2, -0.15) is 0 Å². The fraction of sp³-hybridized carbons (Fsp3) is 0.389. The van der Waals surface area contributed by atoms with Gasteiger partial charge in [-0.3, -0.25) is 9.59 Å². The van der Waals surface area contributed by atoms with Gasteiger partial charge in [0.15, 0.2) is 23.4 Å². The fourth-order valence-corrected chi connectivity index (χ4v) is 3.27. The molecule has 1 aliphatic rings. The Bertz CT molecular complexity index is 928. The number of hydrogen-bond acceptors (Lipinski definition) is 6. The maximum absolute atomic E-state index is 12.4. The summed E-state index contributed by atoms with van der Waals surface area (Å²) in [6.45, 7) is 4.41. The first-order valence-electron chi connectivity index (χ1n) is 8.18. The Hall–Kier alpha value is -2.83. The van der Waals surface area contributed by atoms with E-state index in [0.29, 0.717) is 42.4 Å². The Labute approximate surface area is 143 Å². The zero-order chi connectivity index (χ0) is 18.1. The van der Waals surface area contributed by atoms with Crippen LogP contribution in [-0.2, 0) is 17.6 Å². The van der Waals surface area contributed by atoms with E-state index in [-0.39, 0.29) is 40.5 Å². The van der Waals surface area contributed by atoms with E-state index in [9.17, 15) is 19.5 Å². The van der Waals surface area contributed by atoms with Gasteiger partial charge in [0, 0.05) is 17.5 Å². The molecule has 0 fully saturated rings. The van der Waals surface area contributed by atoms with Crippen molar-refractivity contribution in [3.05, 3.63) is 32.7 Å². The largest absolute Gasteiger partial charge is 0.504 e. The zero-order valence-electron chi connectivity index (χ0n) is 14.1. The standard InChI is InChI=1S/C18H19NO6/c1-3-19-13(21)7-11-9(2)14-10-5-4-6-24-17(10)15(22)12(8-20)16(14)25-18(11)23/h8,22H,3-7H2,1-2H3,(H,19,21). The molecule has 2 N–H and O–H groups in total. The van der Waals surface area contributed by atoms with Crippen molar-refractivity contribution in [3.8, 4) is 11.5 Å². The van der Waals surface area contributed by atoms with E-state index in [1.807, 2.05) is 0 Å². The van der Waals surface area contributed by atoms with Crippen LogP contribution in [0.3, 0.4) is 0 Å². The molecule has 0 unspecified atom stereocenters. The highest BCUT2D eigenvalue weighted by Gasteiger charge is 2.27. The van der Waals surface area contributed by atoms with Crippen LogP contribution in [0.1, 0.15) is 40.4 Å². The number of amides is 1. The molecule has 2 heterocycles. The van der Waals surface area contributed by atoms with E-state index in [1.165, 1.54) is 0 Å². The van der Waals surface area contributed by atoms with Gasteiger partial charge in [-0.05, 0) is 32.3 Å². The summed E-state index contributed by atoms with van der Waals surface area (Å²) < 4.78 is 10.9. The second-order valence-corrected chi connectivity index (χ2v) is 5.97. The number of fused-ring (bicyclic) bond motifs is 3. The smallest absolute Gasteiger partial charge is 0.340 e. The van der Waals surface area contributed by atoms with Crippen molar-refractivity contribution in [2.24, 2.45) is 0 Å². The van der Waals surface area contributed by atoms with Crippen molar-refractivity contribution >= 4 is 23.2 Å². The van der Waals surface area contributed by atoms with Gasteiger partial charge in [-0.25, -0.2) is 4.79 Å². The van der Waals surface area contributed by atoms with E-state index in [2.05, 4.69) is 5.32 Å². The molecule has 0 saturated carbocycles.